The molecule has 2 rings (SSSR count). The molecule has 0 spiro atoms. The smallest absolute Gasteiger partial charge is 0.433 e. The molecule has 0 atom stereocenters. The molecule has 0 aliphatic rings. The molecule has 1 aromatic carbocycles. The molecule has 4 nitrogen and oxygen atoms in total. The molecule has 0 unspecified atom stereocenters. The van der Waals surface area contributed by atoms with Gasteiger partial charge < -0.3 is 10.1 Å². The first kappa shape index (κ1) is 17.1. The normalized spacial score (nSPS) is 11.3. The van der Waals surface area contributed by atoms with Crippen LogP contribution in [0, 0.1) is 0 Å². The molecule has 0 aliphatic heterocycles. The molecule has 0 aliphatic carbocycles. The van der Waals surface area contributed by atoms with Crippen molar-refractivity contribution in [3.63, 3.8) is 0 Å². The first-order valence-corrected chi connectivity index (χ1v) is 7.35. The maximum atomic E-state index is 13.2. The van der Waals surface area contributed by atoms with E-state index in [9.17, 15) is 13.2 Å². The minimum atomic E-state index is -4.56. The van der Waals surface area contributed by atoms with E-state index in [1.54, 1.807) is 30.3 Å². The van der Waals surface area contributed by atoms with Crippen LogP contribution in [0.4, 0.5) is 19.1 Å². The molecule has 0 saturated heterocycles. The average molecular weight is 325 g/mol. The second kappa shape index (κ2) is 7.80. The number of nitrogens with one attached hydrogen (secondary N) is 1. The van der Waals surface area contributed by atoms with E-state index in [1.807, 2.05) is 6.92 Å². The first-order chi connectivity index (χ1) is 11.0. The van der Waals surface area contributed by atoms with E-state index < -0.39 is 11.9 Å². The van der Waals surface area contributed by atoms with E-state index in [0.29, 0.717) is 12.3 Å². The Morgan fingerprint density at radius 2 is 1.91 bits per heavy atom. The highest BCUT2D eigenvalue weighted by atomic mass is 19.4. The molecule has 0 amide bonds. The Morgan fingerprint density at radius 1 is 1.17 bits per heavy atom. The number of unbranched alkanes of at least 4 members (excludes halogenated alkanes) is 1. The van der Waals surface area contributed by atoms with Gasteiger partial charge in [0, 0.05) is 18.3 Å². The zero-order valence-electron chi connectivity index (χ0n) is 12.7. The van der Waals surface area contributed by atoms with E-state index in [1.165, 1.54) is 0 Å². The minimum absolute atomic E-state index is 0.0192. The first-order valence-electron chi connectivity index (χ1n) is 7.35. The number of para-hydroxylation sites is 1. The van der Waals surface area contributed by atoms with Gasteiger partial charge in [0.15, 0.2) is 5.69 Å². The number of anilines is 1. The standard InChI is InChI=1S/C16H18F3N3O/c1-2-3-9-20-15-21-10-12(14(22-15)16(17,18)19)11-23-13-7-5-4-6-8-13/h4-8,10H,2-3,9,11H2,1H3,(H,20,21,22). The number of hydrogen-bond donors (Lipinski definition) is 1. The lowest BCUT2D eigenvalue weighted by atomic mass is 10.2. The Balaban J connectivity index is 2.14. The molecule has 2 aromatic rings. The van der Waals surface area contributed by atoms with Crippen molar-refractivity contribution in [2.45, 2.75) is 32.5 Å². The van der Waals surface area contributed by atoms with Crippen LogP contribution >= 0.6 is 0 Å². The van der Waals surface area contributed by atoms with Gasteiger partial charge in [-0.2, -0.15) is 13.2 Å². The van der Waals surface area contributed by atoms with Crippen LogP contribution in [0.25, 0.3) is 0 Å². The van der Waals surface area contributed by atoms with Crippen molar-refractivity contribution >= 4 is 5.95 Å². The highest BCUT2D eigenvalue weighted by Crippen LogP contribution is 2.31. The van der Waals surface area contributed by atoms with Crippen LogP contribution in [-0.4, -0.2) is 16.5 Å². The Kier molecular flexibility index (Phi) is 5.78. The Morgan fingerprint density at radius 3 is 2.57 bits per heavy atom. The summed E-state index contributed by atoms with van der Waals surface area (Å²) in [6, 6.07) is 8.64. The van der Waals surface area contributed by atoms with Crippen LogP contribution in [0.15, 0.2) is 36.5 Å². The van der Waals surface area contributed by atoms with E-state index in [-0.39, 0.29) is 18.1 Å². The molecule has 0 fully saturated rings. The number of alkyl halides is 3. The zero-order chi connectivity index (χ0) is 16.7. The lowest BCUT2D eigenvalue weighted by Crippen LogP contribution is -2.17. The third-order valence-corrected chi connectivity index (χ3v) is 3.08. The van der Waals surface area contributed by atoms with Crippen molar-refractivity contribution in [1.82, 2.24) is 9.97 Å². The lowest BCUT2D eigenvalue weighted by Gasteiger charge is -2.14. The van der Waals surface area contributed by atoms with Crippen molar-refractivity contribution in [2.24, 2.45) is 0 Å². The summed E-state index contributed by atoms with van der Waals surface area (Å²) >= 11 is 0. The molecule has 23 heavy (non-hydrogen) atoms. The molecule has 1 N–H and O–H groups in total. The van der Waals surface area contributed by atoms with E-state index in [2.05, 4.69) is 15.3 Å². The molecular weight excluding hydrogens is 307 g/mol. The van der Waals surface area contributed by atoms with Crippen molar-refractivity contribution in [3.8, 4) is 5.75 Å². The lowest BCUT2D eigenvalue weighted by molar-refractivity contribution is -0.142. The fourth-order valence-electron chi connectivity index (χ4n) is 1.90. The quantitative estimate of drug-likeness (QED) is 0.772. The zero-order valence-corrected chi connectivity index (χ0v) is 12.7. The van der Waals surface area contributed by atoms with E-state index in [0.717, 1.165) is 19.0 Å². The van der Waals surface area contributed by atoms with Crippen LogP contribution in [0.3, 0.4) is 0 Å². The largest absolute Gasteiger partial charge is 0.489 e. The van der Waals surface area contributed by atoms with Gasteiger partial charge in [0.1, 0.15) is 12.4 Å². The molecule has 1 heterocycles. The predicted octanol–water partition coefficient (Wildman–Crippen LogP) is 4.29. The van der Waals surface area contributed by atoms with E-state index in [4.69, 9.17) is 4.74 Å². The van der Waals surface area contributed by atoms with Crippen LogP contribution in [0.1, 0.15) is 31.0 Å². The van der Waals surface area contributed by atoms with Crippen molar-refractivity contribution in [1.29, 1.82) is 0 Å². The maximum Gasteiger partial charge on any atom is 0.433 e. The topological polar surface area (TPSA) is 47.0 Å². The summed E-state index contributed by atoms with van der Waals surface area (Å²) in [7, 11) is 0. The summed E-state index contributed by atoms with van der Waals surface area (Å²) in [6.07, 6.45) is -1.63. The SMILES string of the molecule is CCCCNc1ncc(COc2ccccc2)c(C(F)(F)F)n1. The number of ether oxygens (including phenoxy) is 1. The summed E-state index contributed by atoms with van der Waals surface area (Å²) in [5, 5.41) is 2.80. The highest BCUT2D eigenvalue weighted by Gasteiger charge is 2.36. The number of benzene rings is 1. The van der Waals surface area contributed by atoms with Gasteiger partial charge in [-0.05, 0) is 18.6 Å². The summed E-state index contributed by atoms with van der Waals surface area (Å²) in [4.78, 5) is 7.54. The average Bonchev–Trinajstić information content (AvgIpc) is 2.54. The van der Waals surface area contributed by atoms with Crippen LogP contribution in [0.2, 0.25) is 0 Å². The summed E-state index contributed by atoms with van der Waals surface area (Å²) in [5.41, 5.74) is -1.06. The summed E-state index contributed by atoms with van der Waals surface area (Å²) in [5.74, 6) is 0.472. The third kappa shape index (κ3) is 5.12. The van der Waals surface area contributed by atoms with Crippen LogP contribution in [-0.2, 0) is 12.8 Å². The molecular formula is C16H18F3N3O. The summed E-state index contributed by atoms with van der Waals surface area (Å²) < 4.78 is 44.9. The van der Waals surface area contributed by atoms with Gasteiger partial charge in [-0.3, -0.25) is 0 Å². The summed E-state index contributed by atoms with van der Waals surface area (Å²) in [6.45, 7) is 2.29. The Labute approximate surface area is 132 Å². The van der Waals surface area contributed by atoms with Crippen molar-refractivity contribution < 1.29 is 17.9 Å². The third-order valence-electron chi connectivity index (χ3n) is 3.08. The molecule has 0 saturated carbocycles. The predicted molar refractivity (Wildman–Crippen MR) is 81.2 cm³/mol. The molecule has 7 heteroatoms. The van der Waals surface area contributed by atoms with Gasteiger partial charge >= 0.3 is 6.18 Å². The van der Waals surface area contributed by atoms with Crippen molar-refractivity contribution in [3.05, 3.63) is 47.8 Å². The molecule has 0 radical (unpaired) electrons. The number of nitrogens with zero attached hydrogens (tertiary/aromatic N) is 2. The monoisotopic (exact) mass is 325 g/mol. The van der Waals surface area contributed by atoms with E-state index >= 15 is 0 Å². The Hall–Kier alpha value is -2.31. The molecule has 1 aromatic heterocycles. The fourth-order valence-corrected chi connectivity index (χ4v) is 1.90. The number of rotatable bonds is 7. The van der Waals surface area contributed by atoms with Gasteiger partial charge in [0.2, 0.25) is 5.95 Å². The second-order valence-corrected chi connectivity index (χ2v) is 4.95. The number of hydrogen-bond acceptors (Lipinski definition) is 4. The van der Waals surface area contributed by atoms with Gasteiger partial charge in [0.05, 0.1) is 0 Å². The van der Waals surface area contributed by atoms with Crippen molar-refractivity contribution in [2.75, 3.05) is 11.9 Å². The number of halogens is 3. The second-order valence-electron chi connectivity index (χ2n) is 4.95. The fraction of sp³-hybridized carbons (Fsp3) is 0.375. The Bertz CT molecular complexity index is 618. The van der Waals surface area contributed by atoms with Crippen LogP contribution in [0.5, 0.6) is 5.75 Å². The van der Waals surface area contributed by atoms with Gasteiger partial charge in [0.25, 0.3) is 0 Å². The maximum absolute atomic E-state index is 13.2. The highest BCUT2D eigenvalue weighted by molar-refractivity contribution is 5.31. The van der Waals surface area contributed by atoms with Gasteiger partial charge in [-0.15, -0.1) is 0 Å². The minimum Gasteiger partial charge on any atom is -0.489 e. The molecule has 0 bridgehead atoms. The van der Waals surface area contributed by atoms with Gasteiger partial charge in [-0.25, -0.2) is 9.97 Å². The molecule has 124 valence electrons. The number of aromatic nitrogens is 2. The van der Waals surface area contributed by atoms with Crippen LogP contribution < -0.4 is 10.1 Å². The van der Waals surface area contributed by atoms with Gasteiger partial charge in [-0.1, -0.05) is 31.5 Å².